The first-order valence-electron chi connectivity index (χ1n) is 8.10. The van der Waals surface area contributed by atoms with Crippen LogP contribution in [-0.4, -0.2) is 24.7 Å². The molecule has 0 spiro atoms. The number of alkyl halides is 3. The molecule has 1 heterocycles. The Morgan fingerprint density at radius 2 is 1.62 bits per heavy atom. The van der Waals surface area contributed by atoms with Crippen LogP contribution in [0.1, 0.15) is 28.8 Å². The summed E-state index contributed by atoms with van der Waals surface area (Å²) >= 11 is -0.216. The van der Waals surface area contributed by atoms with Crippen molar-refractivity contribution in [1.29, 1.82) is 0 Å². The average molecular weight is 382 g/mol. The molecule has 3 rings (SSSR count). The Balaban J connectivity index is 1.78. The highest BCUT2D eigenvalue weighted by Crippen LogP contribution is 2.38. The number of carbonyl (C=O) groups is 1. The van der Waals surface area contributed by atoms with Crippen molar-refractivity contribution in [3.63, 3.8) is 0 Å². The van der Waals surface area contributed by atoms with E-state index >= 15 is 0 Å². The molecule has 7 heteroatoms. The van der Waals surface area contributed by atoms with E-state index in [2.05, 4.69) is 0 Å². The summed E-state index contributed by atoms with van der Waals surface area (Å²) in [5.41, 5.74) is -4.03. The van der Waals surface area contributed by atoms with Crippen LogP contribution in [0.4, 0.5) is 13.2 Å². The van der Waals surface area contributed by atoms with E-state index in [-0.39, 0.29) is 22.2 Å². The average Bonchev–Trinajstić information content (AvgIpc) is 2.62. The van der Waals surface area contributed by atoms with Gasteiger partial charge in [0, 0.05) is 17.7 Å². The highest BCUT2D eigenvalue weighted by atomic mass is 32.2. The molecule has 1 fully saturated rings. The lowest BCUT2D eigenvalue weighted by Crippen LogP contribution is -2.38. The number of rotatable bonds is 4. The molecule has 1 saturated heterocycles. The smallest absolute Gasteiger partial charge is 0.446 e. The molecule has 0 bridgehead atoms. The van der Waals surface area contributed by atoms with Crippen LogP contribution < -0.4 is 0 Å². The summed E-state index contributed by atoms with van der Waals surface area (Å²) in [6.45, 7) is 0.951. The highest BCUT2D eigenvalue weighted by molar-refractivity contribution is 8.00. The molecule has 3 nitrogen and oxygen atoms in total. The number of esters is 1. The minimum absolute atomic E-state index is 0.0258. The Labute approximate surface area is 153 Å². The molecule has 26 heavy (non-hydrogen) atoms. The van der Waals surface area contributed by atoms with Gasteiger partial charge >= 0.3 is 11.5 Å². The van der Waals surface area contributed by atoms with Crippen molar-refractivity contribution >= 4 is 17.7 Å². The third kappa shape index (κ3) is 4.59. The van der Waals surface area contributed by atoms with E-state index in [1.165, 1.54) is 24.3 Å². The molecule has 1 aliphatic heterocycles. The van der Waals surface area contributed by atoms with Crippen LogP contribution in [0.3, 0.4) is 0 Å². The fourth-order valence-electron chi connectivity index (χ4n) is 2.92. The summed E-state index contributed by atoms with van der Waals surface area (Å²) in [4.78, 5) is 12.6. The van der Waals surface area contributed by atoms with Crippen molar-refractivity contribution in [2.45, 2.75) is 28.8 Å². The Morgan fingerprint density at radius 3 is 2.19 bits per heavy atom. The summed E-state index contributed by atoms with van der Waals surface area (Å²) in [5, 5.41) is 0. The Morgan fingerprint density at radius 1 is 1.00 bits per heavy atom. The minimum atomic E-state index is -4.36. The molecular weight excluding hydrogens is 365 g/mol. The van der Waals surface area contributed by atoms with E-state index in [9.17, 15) is 18.0 Å². The molecule has 0 unspecified atom stereocenters. The Hall–Kier alpha value is -1.99. The summed E-state index contributed by atoms with van der Waals surface area (Å²) in [7, 11) is 0. The van der Waals surface area contributed by atoms with Crippen LogP contribution in [-0.2, 0) is 15.1 Å². The van der Waals surface area contributed by atoms with Crippen LogP contribution in [0.2, 0.25) is 0 Å². The van der Waals surface area contributed by atoms with Crippen molar-refractivity contribution in [2.24, 2.45) is 0 Å². The van der Waals surface area contributed by atoms with Gasteiger partial charge in [-0.1, -0.05) is 30.3 Å². The molecule has 1 aliphatic rings. The van der Waals surface area contributed by atoms with E-state index in [4.69, 9.17) is 9.47 Å². The molecule has 0 aromatic heterocycles. The zero-order valence-corrected chi connectivity index (χ0v) is 14.6. The molecule has 0 radical (unpaired) electrons. The normalized spacial score (nSPS) is 16.9. The largest absolute Gasteiger partial charge is 0.450 e. The molecule has 0 N–H and O–H groups in total. The second-order valence-corrected chi connectivity index (χ2v) is 7.07. The predicted molar refractivity (Wildman–Crippen MR) is 91.9 cm³/mol. The molecule has 2 aromatic carbocycles. The van der Waals surface area contributed by atoms with Crippen LogP contribution >= 0.6 is 11.8 Å². The zero-order chi connectivity index (χ0) is 18.6. The molecule has 0 aliphatic carbocycles. The lowest BCUT2D eigenvalue weighted by atomic mass is 9.86. The minimum Gasteiger partial charge on any atom is -0.450 e. The van der Waals surface area contributed by atoms with Gasteiger partial charge in [0.25, 0.3) is 0 Å². The summed E-state index contributed by atoms with van der Waals surface area (Å²) in [5.74, 6) is -0.556. The van der Waals surface area contributed by atoms with Crippen LogP contribution in [0.25, 0.3) is 0 Å². The quantitative estimate of drug-likeness (QED) is 0.540. The SMILES string of the molecule is O=C(OC1(c2ccccc2)CCOCC1)c1ccc(SC(F)(F)F)cc1. The standard InChI is InChI=1S/C19H17F3O3S/c20-19(21,22)26-16-8-6-14(7-9-16)17(23)25-18(10-12-24-13-11-18)15-4-2-1-3-5-15/h1-9H,10-13H2. The zero-order valence-electron chi connectivity index (χ0n) is 13.8. The van der Waals surface area contributed by atoms with Gasteiger partial charge in [-0.05, 0) is 41.6 Å². The van der Waals surface area contributed by atoms with Gasteiger partial charge in [-0.3, -0.25) is 0 Å². The number of thioether (sulfide) groups is 1. The molecular formula is C19H17F3O3S. The van der Waals surface area contributed by atoms with Gasteiger partial charge in [-0.15, -0.1) is 0 Å². The molecule has 0 amide bonds. The number of halogens is 3. The molecule has 0 atom stereocenters. The predicted octanol–water partition coefficient (Wildman–Crippen LogP) is 5.16. The number of hydrogen-bond acceptors (Lipinski definition) is 4. The number of carbonyl (C=O) groups excluding carboxylic acids is 1. The topological polar surface area (TPSA) is 35.5 Å². The van der Waals surface area contributed by atoms with Crippen molar-refractivity contribution in [3.8, 4) is 0 Å². The monoisotopic (exact) mass is 382 g/mol. The van der Waals surface area contributed by atoms with E-state index in [0.29, 0.717) is 26.1 Å². The van der Waals surface area contributed by atoms with Gasteiger partial charge in [-0.2, -0.15) is 13.2 Å². The van der Waals surface area contributed by atoms with E-state index in [1.807, 2.05) is 30.3 Å². The Kier molecular flexibility index (Phi) is 5.58. The molecule has 2 aromatic rings. The van der Waals surface area contributed by atoms with Crippen molar-refractivity contribution < 1.29 is 27.4 Å². The first-order chi connectivity index (χ1) is 12.4. The summed E-state index contributed by atoms with van der Waals surface area (Å²) in [6, 6.07) is 14.7. The van der Waals surface area contributed by atoms with E-state index < -0.39 is 17.1 Å². The highest BCUT2D eigenvalue weighted by Gasteiger charge is 2.38. The fourth-order valence-corrected chi connectivity index (χ4v) is 3.46. The summed E-state index contributed by atoms with van der Waals surface area (Å²) in [6.07, 6.45) is 1.07. The van der Waals surface area contributed by atoms with Gasteiger partial charge in [0.15, 0.2) is 0 Å². The first kappa shape index (κ1) is 18.8. The maximum absolute atomic E-state index is 12.6. The van der Waals surface area contributed by atoms with Crippen molar-refractivity contribution in [3.05, 3.63) is 65.7 Å². The van der Waals surface area contributed by atoms with Gasteiger partial charge in [-0.25, -0.2) is 4.79 Å². The van der Waals surface area contributed by atoms with Gasteiger partial charge < -0.3 is 9.47 Å². The lowest BCUT2D eigenvalue weighted by Gasteiger charge is -2.37. The van der Waals surface area contributed by atoms with Crippen molar-refractivity contribution in [2.75, 3.05) is 13.2 Å². The second kappa shape index (κ2) is 7.72. The van der Waals surface area contributed by atoms with Gasteiger partial charge in [0.2, 0.25) is 0 Å². The van der Waals surface area contributed by atoms with Gasteiger partial charge in [0.05, 0.1) is 18.8 Å². The third-order valence-corrected chi connectivity index (χ3v) is 4.95. The fraction of sp³-hybridized carbons (Fsp3) is 0.316. The first-order valence-corrected chi connectivity index (χ1v) is 8.92. The van der Waals surface area contributed by atoms with Crippen molar-refractivity contribution in [1.82, 2.24) is 0 Å². The lowest BCUT2D eigenvalue weighted by molar-refractivity contribution is -0.0838. The van der Waals surface area contributed by atoms with Crippen LogP contribution in [0.5, 0.6) is 0 Å². The number of ether oxygens (including phenoxy) is 2. The second-order valence-electron chi connectivity index (χ2n) is 5.93. The number of benzene rings is 2. The third-order valence-electron chi connectivity index (χ3n) is 4.21. The maximum atomic E-state index is 12.6. The molecule has 0 saturated carbocycles. The number of hydrogen-bond donors (Lipinski definition) is 0. The van der Waals surface area contributed by atoms with E-state index in [0.717, 1.165) is 5.56 Å². The maximum Gasteiger partial charge on any atom is 0.446 e. The van der Waals surface area contributed by atoms with Crippen LogP contribution in [0, 0.1) is 0 Å². The van der Waals surface area contributed by atoms with E-state index in [1.54, 1.807) is 0 Å². The van der Waals surface area contributed by atoms with Crippen LogP contribution in [0.15, 0.2) is 59.5 Å². The molecule has 138 valence electrons. The Bertz CT molecular complexity index is 739. The van der Waals surface area contributed by atoms with Gasteiger partial charge in [0.1, 0.15) is 5.60 Å². The summed E-state index contributed by atoms with van der Waals surface area (Å²) < 4.78 is 48.5.